The summed E-state index contributed by atoms with van der Waals surface area (Å²) in [4.78, 5) is 10.4. The number of benzene rings is 1. The molecule has 0 saturated heterocycles. The smallest absolute Gasteiger partial charge is 0.181 e. The molecule has 0 aliphatic rings. The molecule has 1 N–H and O–H groups in total. The molecule has 0 heterocycles. The van der Waals surface area contributed by atoms with Crippen LogP contribution in [0, 0.1) is 10.1 Å². The Morgan fingerprint density at radius 1 is 1.42 bits per heavy atom. The summed E-state index contributed by atoms with van der Waals surface area (Å²) in [5, 5.41) is 10.7. The van der Waals surface area contributed by atoms with Crippen LogP contribution in [-0.2, 0) is 0 Å². The second-order valence-electron chi connectivity index (χ2n) is 2.11. The highest BCUT2D eigenvalue weighted by molar-refractivity contribution is 5.41. The maximum Gasteiger partial charge on any atom is 0.181 e. The van der Waals surface area contributed by atoms with Crippen molar-refractivity contribution in [2.45, 2.75) is 0 Å². The number of hydrogen-bond acceptors (Lipinski definition) is 3. The summed E-state index contributed by atoms with van der Waals surface area (Å²) >= 11 is 0. The SMILES string of the molecule is CNN(c1ccccc1)[N+](=O)[O-]. The van der Waals surface area contributed by atoms with Crippen molar-refractivity contribution >= 4 is 5.69 Å². The zero-order chi connectivity index (χ0) is 8.97. The van der Waals surface area contributed by atoms with Crippen LogP contribution in [0.4, 0.5) is 5.69 Å². The van der Waals surface area contributed by atoms with Crippen molar-refractivity contribution in [2.24, 2.45) is 0 Å². The summed E-state index contributed by atoms with van der Waals surface area (Å²) in [6.45, 7) is 0. The summed E-state index contributed by atoms with van der Waals surface area (Å²) in [5.74, 6) is 0. The number of para-hydroxylation sites is 1. The predicted octanol–water partition coefficient (Wildman–Crippen LogP) is 0.819. The van der Waals surface area contributed by atoms with Gasteiger partial charge in [-0.05, 0) is 17.3 Å². The van der Waals surface area contributed by atoms with E-state index in [1.165, 1.54) is 7.05 Å². The Hall–Kier alpha value is -1.62. The van der Waals surface area contributed by atoms with Gasteiger partial charge in [0.15, 0.2) is 5.03 Å². The monoisotopic (exact) mass is 167 g/mol. The van der Waals surface area contributed by atoms with E-state index >= 15 is 0 Å². The van der Waals surface area contributed by atoms with Crippen molar-refractivity contribution in [3.05, 3.63) is 40.4 Å². The normalized spacial score (nSPS) is 9.42. The van der Waals surface area contributed by atoms with Gasteiger partial charge in [0.1, 0.15) is 5.69 Å². The van der Waals surface area contributed by atoms with Crippen LogP contribution in [0.5, 0.6) is 0 Å². The molecule has 0 amide bonds. The number of nitrogens with one attached hydrogen (secondary N) is 1. The maximum atomic E-state index is 10.4. The number of hydrazine groups is 2. The molecule has 12 heavy (non-hydrogen) atoms. The molecule has 0 aliphatic heterocycles. The van der Waals surface area contributed by atoms with E-state index in [-0.39, 0.29) is 0 Å². The number of nitro groups is 1. The third-order valence-corrected chi connectivity index (χ3v) is 1.38. The molecule has 1 aromatic carbocycles. The van der Waals surface area contributed by atoms with Gasteiger partial charge in [-0.1, -0.05) is 18.2 Å². The molecule has 0 spiro atoms. The summed E-state index contributed by atoms with van der Waals surface area (Å²) in [7, 11) is 1.50. The lowest BCUT2D eigenvalue weighted by Crippen LogP contribution is -2.40. The number of rotatable bonds is 3. The van der Waals surface area contributed by atoms with Crippen molar-refractivity contribution in [3.8, 4) is 0 Å². The Balaban J connectivity index is 2.88. The molecule has 0 atom stereocenters. The summed E-state index contributed by atoms with van der Waals surface area (Å²) in [6.07, 6.45) is 0. The molecule has 0 aliphatic carbocycles. The van der Waals surface area contributed by atoms with Gasteiger partial charge in [-0.15, -0.1) is 0 Å². The number of hydrogen-bond donors (Lipinski definition) is 1. The highest BCUT2D eigenvalue weighted by atomic mass is 16.7. The van der Waals surface area contributed by atoms with E-state index in [0.29, 0.717) is 5.69 Å². The zero-order valence-corrected chi connectivity index (χ0v) is 6.60. The molecule has 0 saturated carbocycles. The highest BCUT2D eigenvalue weighted by Gasteiger charge is 2.12. The fraction of sp³-hybridized carbons (Fsp3) is 0.143. The van der Waals surface area contributed by atoms with Crippen LogP contribution in [0.1, 0.15) is 0 Å². The van der Waals surface area contributed by atoms with Crippen molar-refractivity contribution in [2.75, 3.05) is 12.2 Å². The molecule has 0 radical (unpaired) electrons. The minimum Gasteiger partial charge on any atom is -0.233 e. The van der Waals surface area contributed by atoms with Crippen molar-refractivity contribution < 1.29 is 5.03 Å². The minimum absolute atomic E-state index is 0.505. The quantitative estimate of drug-likeness (QED) is 0.534. The van der Waals surface area contributed by atoms with Crippen LogP contribution in [-0.4, -0.2) is 12.1 Å². The zero-order valence-electron chi connectivity index (χ0n) is 6.60. The van der Waals surface area contributed by atoms with Crippen molar-refractivity contribution in [1.82, 2.24) is 5.43 Å². The van der Waals surface area contributed by atoms with Gasteiger partial charge in [-0.25, -0.2) is 10.1 Å². The highest BCUT2D eigenvalue weighted by Crippen LogP contribution is 2.09. The van der Waals surface area contributed by atoms with Crippen LogP contribution in [0.3, 0.4) is 0 Å². The molecular formula is C7H9N3O2. The van der Waals surface area contributed by atoms with Gasteiger partial charge in [-0.2, -0.15) is 5.43 Å². The van der Waals surface area contributed by atoms with Gasteiger partial charge in [0.25, 0.3) is 0 Å². The Bertz CT molecular complexity index is 263. The Labute approximate surface area is 69.7 Å². The Kier molecular flexibility index (Phi) is 2.60. The second-order valence-corrected chi connectivity index (χ2v) is 2.11. The molecule has 0 aromatic heterocycles. The van der Waals surface area contributed by atoms with E-state index in [4.69, 9.17) is 0 Å². The van der Waals surface area contributed by atoms with Crippen LogP contribution in [0.2, 0.25) is 0 Å². The van der Waals surface area contributed by atoms with Crippen LogP contribution >= 0.6 is 0 Å². The number of nitrogens with zero attached hydrogens (tertiary/aromatic N) is 2. The maximum absolute atomic E-state index is 10.4. The van der Waals surface area contributed by atoms with E-state index in [1.54, 1.807) is 30.3 Å². The van der Waals surface area contributed by atoms with Gasteiger partial charge in [0.05, 0.1) is 0 Å². The minimum atomic E-state index is -0.519. The van der Waals surface area contributed by atoms with Gasteiger partial charge < -0.3 is 0 Å². The van der Waals surface area contributed by atoms with E-state index in [9.17, 15) is 10.1 Å². The lowest BCUT2D eigenvalue weighted by atomic mass is 10.3. The largest absolute Gasteiger partial charge is 0.233 e. The molecule has 5 nitrogen and oxygen atoms in total. The number of anilines is 1. The topological polar surface area (TPSA) is 58.4 Å². The molecular weight excluding hydrogens is 158 g/mol. The van der Waals surface area contributed by atoms with Gasteiger partial charge in [0, 0.05) is 7.05 Å². The second kappa shape index (κ2) is 3.68. The van der Waals surface area contributed by atoms with Crippen LogP contribution in [0.25, 0.3) is 0 Å². The predicted molar refractivity (Wildman–Crippen MR) is 45.0 cm³/mol. The molecule has 5 heteroatoms. The summed E-state index contributed by atoms with van der Waals surface area (Å²) < 4.78 is 0. The molecule has 1 aromatic rings. The Morgan fingerprint density at radius 2 is 2.00 bits per heavy atom. The fourth-order valence-corrected chi connectivity index (χ4v) is 0.874. The van der Waals surface area contributed by atoms with Crippen LogP contribution in [0.15, 0.2) is 30.3 Å². The third-order valence-electron chi connectivity index (χ3n) is 1.38. The summed E-state index contributed by atoms with van der Waals surface area (Å²) in [5.41, 5.74) is 2.96. The molecule has 1 rings (SSSR count). The van der Waals surface area contributed by atoms with E-state index < -0.39 is 5.03 Å². The van der Waals surface area contributed by atoms with Gasteiger partial charge in [0.2, 0.25) is 0 Å². The van der Waals surface area contributed by atoms with Gasteiger partial charge in [-0.3, -0.25) is 0 Å². The standard InChI is InChI=1S/C7H9N3O2/c1-8-9(10(11)12)7-5-3-2-4-6-7/h2-6,8H,1H3. The van der Waals surface area contributed by atoms with Crippen molar-refractivity contribution in [1.29, 1.82) is 0 Å². The van der Waals surface area contributed by atoms with Crippen molar-refractivity contribution in [3.63, 3.8) is 0 Å². The fourth-order valence-electron chi connectivity index (χ4n) is 0.874. The first-order valence-corrected chi connectivity index (χ1v) is 3.42. The van der Waals surface area contributed by atoms with E-state index in [2.05, 4.69) is 5.43 Å². The average molecular weight is 167 g/mol. The third kappa shape index (κ3) is 1.70. The molecule has 0 bridgehead atoms. The first-order chi connectivity index (χ1) is 5.75. The lowest BCUT2D eigenvalue weighted by Gasteiger charge is -2.10. The van der Waals surface area contributed by atoms with Crippen LogP contribution < -0.4 is 10.5 Å². The molecule has 0 unspecified atom stereocenters. The Morgan fingerprint density at radius 3 is 2.42 bits per heavy atom. The average Bonchev–Trinajstić information content (AvgIpc) is 2.07. The first-order valence-electron chi connectivity index (χ1n) is 3.42. The van der Waals surface area contributed by atoms with Gasteiger partial charge >= 0.3 is 0 Å². The first kappa shape index (κ1) is 8.48. The molecule has 0 fully saturated rings. The molecule has 64 valence electrons. The van der Waals surface area contributed by atoms with E-state index in [0.717, 1.165) is 5.12 Å². The lowest BCUT2D eigenvalue weighted by molar-refractivity contribution is -0.502. The summed E-state index contributed by atoms with van der Waals surface area (Å²) in [6, 6.07) is 8.59. The van der Waals surface area contributed by atoms with E-state index in [1.807, 2.05) is 0 Å².